The molecule has 174 valence electrons. The molecule has 1 aliphatic heterocycles. The van der Waals surface area contributed by atoms with Crippen molar-refractivity contribution >= 4 is 5.91 Å². The molecule has 1 atom stereocenters. The van der Waals surface area contributed by atoms with Crippen LogP contribution in [-0.2, 0) is 36.2 Å². The summed E-state index contributed by atoms with van der Waals surface area (Å²) in [6.07, 6.45) is 2.48. The van der Waals surface area contributed by atoms with Crippen LogP contribution in [-0.4, -0.2) is 57.8 Å². The minimum absolute atomic E-state index is 0.101. The predicted molar refractivity (Wildman–Crippen MR) is 125 cm³/mol. The molecule has 0 N–H and O–H groups in total. The van der Waals surface area contributed by atoms with Gasteiger partial charge in [0.1, 0.15) is 5.82 Å². The van der Waals surface area contributed by atoms with Crippen molar-refractivity contribution in [1.29, 1.82) is 0 Å². The lowest BCUT2D eigenvalue weighted by atomic mass is 10.1. The number of hydrogen-bond donors (Lipinski definition) is 0. The summed E-state index contributed by atoms with van der Waals surface area (Å²) in [7, 11) is 1.92. The van der Waals surface area contributed by atoms with Gasteiger partial charge in [-0.15, -0.1) is 0 Å². The molecular weight excluding hydrogens is 419 g/mol. The number of hydrogen-bond acceptors (Lipinski definition) is 4. The number of aryl methyl sites for hydroxylation is 1. The van der Waals surface area contributed by atoms with E-state index >= 15 is 0 Å². The summed E-state index contributed by atoms with van der Waals surface area (Å²) >= 11 is 0. The first kappa shape index (κ1) is 23.1. The fourth-order valence-corrected chi connectivity index (χ4v) is 4.18. The fraction of sp³-hybridized carbons (Fsp3) is 0.385. The third-order valence-corrected chi connectivity index (χ3v) is 6.22. The van der Waals surface area contributed by atoms with Gasteiger partial charge < -0.3 is 9.64 Å². The lowest BCUT2D eigenvalue weighted by Gasteiger charge is -2.25. The van der Waals surface area contributed by atoms with Gasteiger partial charge in [-0.2, -0.15) is 5.10 Å². The molecule has 1 unspecified atom stereocenters. The standard InChI is InChI=1S/C26H31FN4O2/c1-20-23(14-28-29(20)2)15-30-16-25(33-19-22-9-6-10-24(27)13-22)17-31(26(32)18-30)12-11-21-7-4-3-5-8-21/h3-10,13-14,25H,11-12,15-19H2,1-2H3. The monoisotopic (exact) mass is 450 g/mol. The van der Waals surface area contributed by atoms with Crippen LogP contribution in [0, 0.1) is 12.7 Å². The molecule has 7 heteroatoms. The van der Waals surface area contributed by atoms with Gasteiger partial charge in [0.05, 0.1) is 25.5 Å². The Labute approximate surface area is 194 Å². The van der Waals surface area contributed by atoms with Crippen molar-refractivity contribution in [2.45, 2.75) is 32.6 Å². The predicted octanol–water partition coefficient (Wildman–Crippen LogP) is 3.34. The number of carbonyl (C=O) groups excluding carboxylic acids is 1. The smallest absolute Gasteiger partial charge is 0.236 e. The molecule has 1 amide bonds. The topological polar surface area (TPSA) is 50.6 Å². The molecule has 1 saturated heterocycles. The van der Waals surface area contributed by atoms with Crippen molar-refractivity contribution < 1.29 is 13.9 Å². The number of ether oxygens (including phenoxy) is 1. The van der Waals surface area contributed by atoms with Crippen LogP contribution < -0.4 is 0 Å². The average Bonchev–Trinajstić information content (AvgIpc) is 3.03. The van der Waals surface area contributed by atoms with Gasteiger partial charge in [-0.3, -0.25) is 14.4 Å². The van der Waals surface area contributed by atoms with Crippen LogP contribution in [0.1, 0.15) is 22.4 Å². The number of benzene rings is 2. The first-order valence-electron chi connectivity index (χ1n) is 11.4. The zero-order valence-corrected chi connectivity index (χ0v) is 19.3. The molecule has 1 aromatic heterocycles. The van der Waals surface area contributed by atoms with E-state index in [1.807, 2.05) is 54.0 Å². The highest BCUT2D eigenvalue weighted by molar-refractivity contribution is 5.78. The summed E-state index contributed by atoms with van der Waals surface area (Å²) in [5.74, 6) is -0.172. The minimum Gasteiger partial charge on any atom is -0.370 e. The van der Waals surface area contributed by atoms with Gasteiger partial charge in [0.25, 0.3) is 0 Å². The number of nitrogens with zero attached hydrogens (tertiary/aromatic N) is 4. The first-order chi connectivity index (χ1) is 16.0. The van der Waals surface area contributed by atoms with Gasteiger partial charge in [-0.1, -0.05) is 42.5 Å². The van der Waals surface area contributed by atoms with Gasteiger partial charge in [-0.05, 0) is 36.6 Å². The maximum Gasteiger partial charge on any atom is 0.236 e. The van der Waals surface area contributed by atoms with Crippen LogP contribution in [0.25, 0.3) is 0 Å². The summed E-state index contributed by atoms with van der Waals surface area (Å²) in [6.45, 7) is 5.10. The van der Waals surface area contributed by atoms with Gasteiger partial charge >= 0.3 is 0 Å². The summed E-state index contributed by atoms with van der Waals surface area (Å²) < 4.78 is 21.7. The molecule has 3 aromatic rings. The fourth-order valence-electron chi connectivity index (χ4n) is 4.18. The van der Waals surface area contributed by atoms with Crippen LogP contribution in [0.2, 0.25) is 0 Å². The van der Waals surface area contributed by atoms with E-state index in [1.165, 1.54) is 17.7 Å². The Kier molecular flexibility index (Phi) is 7.52. The van der Waals surface area contributed by atoms with E-state index in [1.54, 1.807) is 6.07 Å². The number of aromatic nitrogens is 2. The summed E-state index contributed by atoms with van der Waals surface area (Å²) in [5.41, 5.74) is 4.18. The molecule has 1 fully saturated rings. The van der Waals surface area contributed by atoms with Crippen molar-refractivity contribution in [3.63, 3.8) is 0 Å². The normalized spacial score (nSPS) is 17.4. The molecule has 0 radical (unpaired) electrons. The van der Waals surface area contributed by atoms with E-state index in [9.17, 15) is 9.18 Å². The van der Waals surface area contributed by atoms with Crippen LogP contribution >= 0.6 is 0 Å². The zero-order chi connectivity index (χ0) is 23.2. The van der Waals surface area contributed by atoms with Crippen LogP contribution in [0.3, 0.4) is 0 Å². The van der Waals surface area contributed by atoms with Crippen LogP contribution in [0.4, 0.5) is 4.39 Å². The van der Waals surface area contributed by atoms with Crippen molar-refractivity contribution in [3.8, 4) is 0 Å². The maximum atomic E-state index is 13.6. The van der Waals surface area contributed by atoms with Crippen LogP contribution in [0.5, 0.6) is 0 Å². The highest BCUT2D eigenvalue weighted by Gasteiger charge is 2.29. The molecule has 0 bridgehead atoms. The van der Waals surface area contributed by atoms with E-state index in [0.717, 1.165) is 23.2 Å². The zero-order valence-electron chi connectivity index (χ0n) is 19.3. The highest BCUT2D eigenvalue weighted by Crippen LogP contribution is 2.16. The quantitative estimate of drug-likeness (QED) is 0.528. The Morgan fingerprint density at radius 3 is 2.61 bits per heavy atom. The average molecular weight is 451 g/mol. The Bertz CT molecular complexity index is 1070. The third-order valence-electron chi connectivity index (χ3n) is 6.22. The molecular formula is C26H31FN4O2. The largest absolute Gasteiger partial charge is 0.370 e. The molecule has 0 spiro atoms. The lowest BCUT2D eigenvalue weighted by Crippen LogP contribution is -2.39. The van der Waals surface area contributed by atoms with Crippen molar-refractivity contribution in [2.24, 2.45) is 7.05 Å². The summed E-state index contributed by atoms with van der Waals surface area (Å²) in [5, 5.41) is 4.33. The van der Waals surface area contributed by atoms with Crippen LogP contribution in [0.15, 0.2) is 60.8 Å². The molecule has 2 aromatic carbocycles. The summed E-state index contributed by atoms with van der Waals surface area (Å²) in [4.78, 5) is 17.2. The summed E-state index contributed by atoms with van der Waals surface area (Å²) in [6, 6.07) is 16.7. The van der Waals surface area contributed by atoms with Crippen molar-refractivity contribution in [1.82, 2.24) is 19.6 Å². The molecule has 0 saturated carbocycles. The third kappa shape index (κ3) is 6.27. The second-order valence-electron chi connectivity index (χ2n) is 8.69. The highest BCUT2D eigenvalue weighted by atomic mass is 19.1. The lowest BCUT2D eigenvalue weighted by molar-refractivity contribution is -0.131. The molecule has 4 rings (SSSR count). The van der Waals surface area contributed by atoms with Gasteiger partial charge in [-0.25, -0.2) is 4.39 Å². The number of rotatable bonds is 8. The number of halogens is 1. The maximum absolute atomic E-state index is 13.6. The van der Waals surface area contributed by atoms with Gasteiger partial charge in [0, 0.05) is 44.5 Å². The minimum atomic E-state index is -0.273. The number of carbonyl (C=O) groups is 1. The second-order valence-corrected chi connectivity index (χ2v) is 8.69. The van der Waals surface area contributed by atoms with E-state index in [-0.39, 0.29) is 17.8 Å². The first-order valence-corrected chi connectivity index (χ1v) is 11.4. The van der Waals surface area contributed by atoms with E-state index in [0.29, 0.717) is 39.3 Å². The Morgan fingerprint density at radius 1 is 1.09 bits per heavy atom. The van der Waals surface area contributed by atoms with Gasteiger partial charge in [0.2, 0.25) is 5.91 Å². The number of amides is 1. The molecule has 0 aliphatic carbocycles. The van der Waals surface area contributed by atoms with E-state index in [4.69, 9.17) is 4.74 Å². The molecule has 6 nitrogen and oxygen atoms in total. The second kappa shape index (κ2) is 10.7. The Morgan fingerprint density at radius 2 is 1.88 bits per heavy atom. The Hall–Kier alpha value is -3.03. The van der Waals surface area contributed by atoms with Crippen molar-refractivity contribution in [3.05, 3.63) is 89.0 Å². The van der Waals surface area contributed by atoms with E-state index < -0.39 is 0 Å². The molecule has 33 heavy (non-hydrogen) atoms. The molecule has 1 aliphatic rings. The van der Waals surface area contributed by atoms with Crippen molar-refractivity contribution in [2.75, 3.05) is 26.2 Å². The van der Waals surface area contributed by atoms with Gasteiger partial charge in [0.15, 0.2) is 0 Å². The Balaban J connectivity index is 1.47. The van der Waals surface area contributed by atoms with E-state index in [2.05, 4.69) is 22.1 Å². The SMILES string of the molecule is Cc1c(CN2CC(=O)N(CCc3ccccc3)CC(OCc3cccc(F)c3)C2)cnn1C. The molecule has 2 heterocycles.